The average Bonchev–Trinajstić information content (AvgIpc) is 2.67. The van der Waals surface area contributed by atoms with Gasteiger partial charge < -0.3 is 10.6 Å². The van der Waals surface area contributed by atoms with Crippen LogP contribution >= 0.6 is 15.9 Å². The molecule has 4 heteroatoms. The van der Waals surface area contributed by atoms with E-state index >= 15 is 0 Å². The molecule has 0 saturated heterocycles. The van der Waals surface area contributed by atoms with Gasteiger partial charge in [-0.1, -0.05) is 34.1 Å². The van der Waals surface area contributed by atoms with E-state index in [1.165, 1.54) is 15.6 Å². The summed E-state index contributed by atoms with van der Waals surface area (Å²) < 4.78 is 1.18. The van der Waals surface area contributed by atoms with Gasteiger partial charge in [-0.3, -0.25) is 4.99 Å². The highest BCUT2D eigenvalue weighted by Crippen LogP contribution is 2.20. The fraction of sp³-hybridized carbons (Fsp3) is 0.417. The molecule has 1 aliphatic rings. The van der Waals surface area contributed by atoms with Gasteiger partial charge in [-0.05, 0) is 25.0 Å². The van der Waals surface area contributed by atoms with Crippen LogP contribution in [0.3, 0.4) is 0 Å². The number of aliphatic imine (C=N–C) groups is 1. The molecule has 16 heavy (non-hydrogen) atoms. The summed E-state index contributed by atoms with van der Waals surface area (Å²) in [6, 6.07) is 6.73. The van der Waals surface area contributed by atoms with E-state index < -0.39 is 0 Å². The van der Waals surface area contributed by atoms with Crippen LogP contribution in [0.2, 0.25) is 0 Å². The van der Waals surface area contributed by atoms with Crippen molar-refractivity contribution in [3.05, 3.63) is 33.8 Å². The molecule has 2 rings (SSSR count). The third-order valence-electron chi connectivity index (χ3n) is 2.62. The molecule has 1 atom stereocenters. The number of hydrogen-bond acceptors (Lipinski definition) is 3. The maximum absolute atomic E-state index is 4.36. The molecule has 1 aromatic rings. The quantitative estimate of drug-likeness (QED) is 0.872. The standard InChI is InChI=1S/C12H16BrN3/c1-8-4-3-5-10(11(8)13)7-15-12-14-6-9(2)16-12/h3-5,9H,6-7H2,1-2H3,(H2,14,15,16). The van der Waals surface area contributed by atoms with Gasteiger partial charge in [-0.2, -0.15) is 0 Å². The van der Waals surface area contributed by atoms with E-state index in [4.69, 9.17) is 0 Å². The molecule has 86 valence electrons. The zero-order valence-electron chi connectivity index (χ0n) is 9.55. The molecule has 0 spiro atoms. The number of guanidine groups is 1. The van der Waals surface area contributed by atoms with Crippen molar-refractivity contribution >= 4 is 21.9 Å². The van der Waals surface area contributed by atoms with Gasteiger partial charge in [0.05, 0.1) is 6.54 Å². The summed E-state index contributed by atoms with van der Waals surface area (Å²) in [5.41, 5.74) is 2.51. The Labute approximate surface area is 104 Å². The van der Waals surface area contributed by atoms with E-state index in [1.54, 1.807) is 0 Å². The maximum Gasteiger partial charge on any atom is 0.191 e. The van der Waals surface area contributed by atoms with E-state index in [0.29, 0.717) is 6.04 Å². The van der Waals surface area contributed by atoms with Crippen LogP contribution in [-0.4, -0.2) is 18.5 Å². The number of nitrogens with zero attached hydrogens (tertiary/aromatic N) is 1. The molecule has 0 aliphatic carbocycles. The summed E-state index contributed by atoms with van der Waals surface area (Å²) in [6.45, 7) is 5.87. The normalized spacial score (nSPS) is 19.2. The number of nitrogens with one attached hydrogen (secondary N) is 2. The van der Waals surface area contributed by atoms with Crippen molar-refractivity contribution in [2.75, 3.05) is 6.54 Å². The van der Waals surface area contributed by atoms with Crippen LogP contribution in [0, 0.1) is 6.92 Å². The third kappa shape index (κ3) is 2.55. The first-order chi connectivity index (χ1) is 7.66. The summed E-state index contributed by atoms with van der Waals surface area (Å²) in [6.07, 6.45) is 0. The smallest absolute Gasteiger partial charge is 0.191 e. The van der Waals surface area contributed by atoms with E-state index in [1.807, 2.05) is 0 Å². The highest BCUT2D eigenvalue weighted by atomic mass is 79.9. The minimum atomic E-state index is 0.448. The Hall–Kier alpha value is -1.03. The second-order valence-electron chi connectivity index (χ2n) is 4.14. The molecular formula is C12H16BrN3. The van der Waals surface area contributed by atoms with E-state index in [2.05, 4.69) is 63.6 Å². The van der Waals surface area contributed by atoms with Gasteiger partial charge >= 0.3 is 0 Å². The Morgan fingerprint density at radius 2 is 2.38 bits per heavy atom. The molecule has 0 radical (unpaired) electrons. The van der Waals surface area contributed by atoms with Crippen LogP contribution in [0.25, 0.3) is 0 Å². The monoisotopic (exact) mass is 281 g/mol. The zero-order chi connectivity index (χ0) is 11.5. The Kier molecular flexibility index (Phi) is 3.49. The van der Waals surface area contributed by atoms with Crippen LogP contribution in [0.4, 0.5) is 0 Å². The van der Waals surface area contributed by atoms with Crippen molar-refractivity contribution in [3.8, 4) is 0 Å². The lowest BCUT2D eigenvalue weighted by molar-refractivity contribution is 0.713. The van der Waals surface area contributed by atoms with Crippen molar-refractivity contribution in [2.45, 2.75) is 26.4 Å². The zero-order valence-corrected chi connectivity index (χ0v) is 11.1. The first-order valence-corrected chi connectivity index (χ1v) is 6.25. The van der Waals surface area contributed by atoms with E-state index in [-0.39, 0.29) is 0 Å². The van der Waals surface area contributed by atoms with Gasteiger partial charge in [0.15, 0.2) is 5.96 Å². The molecule has 2 N–H and O–H groups in total. The topological polar surface area (TPSA) is 36.4 Å². The number of benzene rings is 1. The minimum absolute atomic E-state index is 0.448. The lowest BCUT2D eigenvalue weighted by Crippen LogP contribution is -2.37. The van der Waals surface area contributed by atoms with Gasteiger partial charge in [-0.15, -0.1) is 0 Å². The van der Waals surface area contributed by atoms with Crippen molar-refractivity contribution in [2.24, 2.45) is 4.99 Å². The Balaban J connectivity index is 1.97. The van der Waals surface area contributed by atoms with Gasteiger partial charge in [0.1, 0.15) is 0 Å². The van der Waals surface area contributed by atoms with Crippen LogP contribution in [0.1, 0.15) is 18.1 Å². The van der Waals surface area contributed by atoms with E-state index in [9.17, 15) is 0 Å². The van der Waals surface area contributed by atoms with Gasteiger partial charge in [0.2, 0.25) is 0 Å². The molecule has 0 bridgehead atoms. The lowest BCUT2D eigenvalue weighted by atomic mass is 10.1. The summed E-state index contributed by atoms with van der Waals surface area (Å²) in [5.74, 6) is 0.904. The molecule has 1 aromatic carbocycles. The average molecular weight is 282 g/mol. The number of rotatable bonds is 2. The minimum Gasteiger partial charge on any atom is -0.352 e. The SMILES string of the molecule is Cc1cccc(CNC2=NCC(C)N2)c1Br. The van der Waals surface area contributed by atoms with Crippen LogP contribution in [0.5, 0.6) is 0 Å². The largest absolute Gasteiger partial charge is 0.352 e. The predicted octanol–water partition coefficient (Wildman–Crippen LogP) is 2.19. The molecule has 0 amide bonds. The Morgan fingerprint density at radius 3 is 3.06 bits per heavy atom. The van der Waals surface area contributed by atoms with Crippen molar-refractivity contribution in [1.82, 2.24) is 10.6 Å². The molecule has 1 heterocycles. The molecule has 0 saturated carbocycles. The Morgan fingerprint density at radius 1 is 1.56 bits per heavy atom. The fourth-order valence-electron chi connectivity index (χ4n) is 1.68. The predicted molar refractivity (Wildman–Crippen MR) is 70.6 cm³/mol. The summed E-state index contributed by atoms with van der Waals surface area (Å²) in [4.78, 5) is 4.36. The molecule has 3 nitrogen and oxygen atoms in total. The van der Waals surface area contributed by atoms with Gasteiger partial charge in [0.25, 0.3) is 0 Å². The van der Waals surface area contributed by atoms with Crippen molar-refractivity contribution < 1.29 is 0 Å². The van der Waals surface area contributed by atoms with Crippen molar-refractivity contribution in [1.29, 1.82) is 0 Å². The maximum atomic E-state index is 4.36. The van der Waals surface area contributed by atoms with Crippen LogP contribution in [0.15, 0.2) is 27.7 Å². The first-order valence-electron chi connectivity index (χ1n) is 5.45. The highest BCUT2D eigenvalue weighted by molar-refractivity contribution is 9.10. The second-order valence-corrected chi connectivity index (χ2v) is 4.93. The number of aryl methyl sites for hydroxylation is 1. The molecule has 0 fully saturated rings. The highest BCUT2D eigenvalue weighted by Gasteiger charge is 2.12. The lowest BCUT2D eigenvalue weighted by Gasteiger charge is -2.11. The first kappa shape index (κ1) is 11.5. The number of halogens is 1. The summed E-state index contributed by atoms with van der Waals surface area (Å²) in [5, 5.41) is 6.59. The second kappa shape index (κ2) is 4.87. The molecule has 0 aromatic heterocycles. The van der Waals surface area contributed by atoms with Crippen LogP contribution < -0.4 is 10.6 Å². The third-order valence-corrected chi connectivity index (χ3v) is 3.76. The Bertz CT molecular complexity index is 415. The van der Waals surface area contributed by atoms with E-state index in [0.717, 1.165) is 19.0 Å². The van der Waals surface area contributed by atoms with Crippen LogP contribution in [-0.2, 0) is 6.54 Å². The van der Waals surface area contributed by atoms with Gasteiger partial charge in [0, 0.05) is 17.1 Å². The molecule has 1 unspecified atom stereocenters. The molecular weight excluding hydrogens is 266 g/mol. The summed E-state index contributed by atoms with van der Waals surface area (Å²) >= 11 is 3.60. The fourth-order valence-corrected chi connectivity index (χ4v) is 2.09. The van der Waals surface area contributed by atoms with Crippen molar-refractivity contribution in [3.63, 3.8) is 0 Å². The van der Waals surface area contributed by atoms with Gasteiger partial charge in [-0.25, -0.2) is 0 Å². The number of hydrogen-bond donors (Lipinski definition) is 2. The summed E-state index contributed by atoms with van der Waals surface area (Å²) in [7, 11) is 0. The molecule has 1 aliphatic heterocycles.